The van der Waals surface area contributed by atoms with Crippen LogP contribution >= 0.6 is 0 Å². The zero-order valence-electron chi connectivity index (χ0n) is 11.8. The molecule has 1 aliphatic rings. The minimum Gasteiger partial charge on any atom is -0.399 e. The lowest BCUT2D eigenvalue weighted by Gasteiger charge is -2.22. The molecule has 19 heavy (non-hydrogen) atoms. The monoisotopic (exact) mass is 261 g/mol. The Morgan fingerprint density at radius 2 is 1.79 bits per heavy atom. The number of hydrogen-bond acceptors (Lipinski definition) is 2. The summed E-state index contributed by atoms with van der Waals surface area (Å²) in [5.74, 6) is 0.607. The maximum absolute atomic E-state index is 12.4. The molecule has 0 atom stereocenters. The molecule has 2 rings (SSSR count). The highest BCUT2D eigenvalue weighted by atomic mass is 16.2. The fourth-order valence-corrected chi connectivity index (χ4v) is 2.50. The molecule has 0 aliphatic carbocycles. The molecule has 2 amide bonds. The molecule has 4 nitrogen and oxygen atoms in total. The summed E-state index contributed by atoms with van der Waals surface area (Å²) in [6.07, 6.45) is 2.25. The maximum Gasteiger partial charge on any atom is 0.324 e. The van der Waals surface area contributed by atoms with Crippen molar-refractivity contribution in [3.63, 3.8) is 0 Å². The van der Waals surface area contributed by atoms with Crippen LogP contribution in [0.15, 0.2) is 24.3 Å². The Kier molecular flexibility index (Phi) is 4.30. The Bertz CT molecular complexity index is 426. The van der Waals surface area contributed by atoms with Gasteiger partial charge in [0, 0.05) is 31.0 Å². The number of benzene rings is 1. The molecule has 1 fully saturated rings. The van der Waals surface area contributed by atoms with Crippen LogP contribution in [0.3, 0.4) is 0 Å². The van der Waals surface area contributed by atoms with E-state index in [2.05, 4.69) is 13.8 Å². The van der Waals surface area contributed by atoms with Crippen LogP contribution < -0.4 is 10.6 Å². The zero-order valence-corrected chi connectivity index (χ0v) is 11.8. The number of nitrogens with zero attached hydrogens (tertiary/aromatic N) is 2. The summed E-state index contributed by atoms with van der Waals surface area (Å²) in [5, 5.41) is 0. The summed E-state index contributed by atoms with van der Waals surface area (Å²) < 4.78 is 0. The third-order valence-corrected chi connectivity index (χ3v) is 3.93. The summed E-state index contributed by atoms with van der Waals surface area (Å²) in [7, 11) is 0. The molecule has 0 aromatic heterocycles. The molecule has 4 heteroatoms. The van der Waals surface area contributed by atoms with Crippen molar-refractivity contribution in [2.45, 2.75) is 26.7 Å². The minimum absolute atomic E-state index is 0.122. The van der Waals surface area contributed by atoms with E-state index in [1.165, 1.54) is 0 Å². The maximum atomic E-state index is 12.4. The van der Waals surface area contributed by atoms with Crippen molar-refractivity contribution >= 4 is 17.4 Å². The van der Waals surface area contributed by atoms with Crippen LogP contribution in [0.2, 0.25) is 0 Å². The standard InChI is InChI=1S/C15H23N3O/c1-3-12(4-2)11-17-9-10-18(15(17)19)14-7-5-13(16)6-8-14/h5-8,12H,3-4,9-11,16H2,1-2H3. The second-order valence-electron chi connectivity index (χ2n) is 5.15. The summed E-state index contributed by atoms with van der Waals surface area (Å²) in [6, 6.07) is 7.62. The number of carbonyl (C=O) groups excluding carboxylic acids is 1. The fraction of sp³-hybridized carbons (Fsp3) is 0.533. The summed E-state index contributed by atoms with van der Waals surface area (Å²) in [6.45, 7) is 6.83. The number of anilines is 2. The highest BCUT2D eigenvalue weighted by Crippen LogP contribution is 2.23. The number of amides is 2. The van der Waals surface area contributed by atoms with Crippen molar-refractivity contribution < 1.29 is 4.79 Å². The molecule has 2 N–H and O–H groups in total. The van der Waals surface area contributed by atoms with Gasteiger partial charge in [-0.05, 0) is 30.2 Å². The van der Waals surface area contributed by atoms with Crippen LogP contribution in [-0.2, 0) is 0 Å². The Labute approximate surface area is 115 Å². The van der Waals surface area contributed by atoms with Gasteiger partial charge >= 0.3 is 6.03 Å². The molecule has 104 valence electrons. The highest BCUT2D eigenvalue weighted by Gasteiger charge is 2.30. The van der Waals surface area contributed by atoms with E-state index < -0.39 is 0 Å². The molecule has 1 aliphatic heterocycles. The van der Waals surface area contributed by atoms with Crippen molar-refractivity contribution in [2.75, 3.05) is 30.3 Å². The second kappa shape index (κ2) is 5.95. The first kappa shape index (κ1) is 13.7. The van der Waals surface area contributed by atoms with Gasteiger partial charge in [0.05, 0.1) is 0 Å². The van der Waals surface area contributed by atoms with Crippen molar-refractivity contribution in [3.05, 3.63) is 24.3 Å². The van der Waals surface area contributed by atoms with Crippen LogP contribution in [0.4, 0.5) is 16.2 Å². The van der Waals surface area contributed by atoms with Crippen LogP contribution in [0, 0.1) is 5.92 Å². The molecular formula is C15H23N3O. The molecule has 1 aromatic carbocycles. The van der Waals surface area contributed by atoms with E-state index in [0.29, 0.717) is 5.92 Å². The second-order valence-corrected chi connectivity index (χ2v) is 5.15. The van der Waals surface area contributed by atoms with E-state index in [1.54, 1.807) is 0 Å². The predicted octanol–water partition coefficient (Wildman–Crippen LogP) is 2.95. The first-order valence-electron chi connectivity index (χ1n) is 7.07. The van der Waals surface area contributed by atoms with Gasteiger partial charge in [-0.1, -0.05) is 26.7 Å². The Balaban J connectivity index is 2.03. The fourth-order valence-electron chi connectivity index (χ4n) is 2.50. The summed E-state index contributed by atoms with van der Waals surface area (Å²) in [4.78, 5) is 16.2. The first-order valence-corrected chi connectivity index (χ1v) is 7.07. The van der Waals surface area contributed by atoms with Gasteiger partial charge in [-0.2, -0.15) is 0 Å². The molecule has 0 radical (unpaired) electrons. The van der Waals surface area contributed by atoms with Gasteiger partial charge in [0.15, 0.2) is 0 Å². The number of rotatable bonds is 5. The molecule has 0 spiro atoms. The Morgan fingerprint density at radius 3 is 2.37 bits per heavy atom. The number of hydrogen-bond donors (Lipinski definition) is 1. The van der Waals surface area contributed by atoms with Crippen LogP contribution in [0.25, 0.3) is 0 Å². The van der Waals surface area contributed by atoms with Crippen molar-refractivity contribution in [3.8, 4) is 0 Å². The number of nitrogen functional groups attached to an aromatic ring is 1. The van der Waals surface area contributed by atoms with Gasteiger partial charge in [-0.25, -0.2) is 4.79 Å². The van der Waals surface area contributed by atoms with Gasteiger partial charge in [0.25, 0.3) is 0 Å². The van der Waals surface area contributed by atoms with E-state index in [1.807, 2.05) is 34.1 Å². The van der Waals surface area contributed by atoms with E-state index in [0.717, 1.165) is 43.9 Å². The number of carbonyl (C=O) groups is 1. The van der Waals surface area contributed by atoms with Gasteiger partial charge in [-0.15, -0.1) is 0 Å². The van der Waals surface area contributed by atoms with Crippen molar-refractivity contribution in [2.24, 2.45) is 5.92 Å². The van der Waals surface area contributed by atoms with E-state index in [-0.39, 0.29) is 6.03 Å². The SMILES string of the molecule is CCC(CC)CN1CCN(c2ccc(N)cc2)C1=O. The summed E-state index contributed by atoms with van der Waals surface area (Å²) >= 11 is 0. The van der Waals surface area contributed by atoms with Crippen LogP contribution in [0.1, 0.15) is 26.7 Å². The first-order chi connectivity index (χ1) is 9.15. The molecule has 0 unspecified atom stereocenters. The topological polar surface area (TPSA) is 49.6 Å². The zero-order chi connectivity index (χ0) is 13.8. The largest absolute Gasteiger partial charge is 0.399 e. The lowest BCUT2D eigenvalue weighted by molar-refractivity contribution is 0.210. The van der Waals surface area contributed by atoms with Gasteiger partial charge in [0.1, 0.15) is 0 Å². The number of urea groups is 1. The Morgan fingerprint density at radius 1 is 1.16 bits per heavy atom. The normalized spacial score (nSPS) is 15.6. The lowest BCUT2D eigenvalue weighted by atomic mass is 10.0. The van der Waals surface area contributed by atoms with Gasteiger partial charge < -0.3 is 10.6 Å². The van der Waals surface area contributed by atoms with E-state index >= 15 is 0 Å². The number of nitrogens with two attached hydrogens (primary N) is 1. The van der Waals surface area contributed by atoms with Gasteiger partial charge in [0.2, 0.25) is 0 Å². The van der Waals surface area contributed by atoms with Crippen LogP contribution in [-0.4, -0.2) is 30.6 Å². The van der Waals surface area contributed by atoms with Gasteiger partial charge in [-0.3, -0.25) is 4.90 Å². The van der Waals surface area contributed by atoms with E-state index in [9.17, 15) is 4.79 Å². The smallest absolute Gasteiger partial charge is 0.324 e. The molecular weight excluding hydrogens is 238 g/mol. The molecule has 0 saturated carbocycles. The molecule has 1 aromatic rings. The van der Waals surface area contributed by atoms with E-state index in [4.69, 9.17) is 5.73 Å². The summed E-state index contributed by atoms with van der Waals surface area (Å²) in [5.41, 5.74) is 7.34. The highest BCUT2D eigenvalue weighted by molar-refractivity contribution is 5.94. The third-order valence-electron chi connectivity index (χ3n) is 3.93. The molecule has 0 bridgehead atoms. The average molecular weight is 261 g/mol. The Hall–Kier alpha value is -1.71. The molecule has 1 heterocycles. The molecule has 1 saturated heterocycles. The predicted molar refractivity (Wildman–Crippen MR) is 79.2 cm³/mol. The van der Waals surface area contributed by atoms with Crippen molar-refractivity contribution in [1.29, 1.82) is 0 Å². The van der Waals surface area contributed by atoms with Crippen molar-refractivity contribution in [1.82, 2.24) is 4.90 Å². The lowest BCUT2D eigenvalue weighted by Crippen LogP contribution is -2.34. The van der Waals surface area contributed by atoms with Crippen LogP contribution in [0.5, 0.6) is 0 Å². The quantitative estimate of drug-likeness (QED) is 0.828. The minimum atomic E-state index is 0.122. The third kappa shape index (κ3) is 3.00. The average Bonchev–Trinajstić information content (AvgIpc) is 2.78.